The lowest BCUT2D eigenvalue weighted by Crippen LogP contribution is -2.37. The zero-order valence-electron chi connectivity index (χ0n) is 10.7. The number of ether oxygens (including phenoxy) is 1. The fourth-order valence-corrected chi connectivity index (χ4v) is 2.08. The third kappa shape index (κ3) is 3.24. The minimum absolute atomic E-state index is 0.0654. The first kappa shape index (κ1) is 13.4. The highest BCUT2D eigenvalue weighted by atomic mass is 35.5. The molecule has 2 atom stereocenters. The number of amides is 1. The molecule has 98 valence electrons. The van der Waals surface area contributed by atoms with Crippen molar-refractivity contribution in [3.8, 4) is 0 Å². The van der Waals surface area contributed by atoms with Gasteiger partial charge in [-0.2, -0.15) is 0 Å². The predicted octanol–water partition coefficient (Wildman–Crippen LogP) is 2.94. The SMILES string of the molecule is CO[C@@H](C)C(=O)N[C@H](c1ccc(Cl)cc1)C1CC1. The van der Waals surface area contributed by atoms with Gasteiger partial charge in [-0.25, -0.2) is 0 Å². The third-order valence-electron chi connectivity index (χ3n) is 3.34. The van der Waals surface area contributed by atoms with Gasteiger partial charge in [-0.1, -0.05) is 23.7 Å². The van der Waals surface area contributed by atoms with Gasteiger partial charge >= 0.3 is 0 Å². The Balaban J connectivity index is 2.09. The van der Waals surface area contributed by atoms with Crippen molar-refractivity contribution in [1.29, 1.82) is 0 Å². The standard InChI is InChI=1S/C14H18ClNO2/c1-9(18-2)14(17)16-13(10-3-4-10)11-5-7-12(15)8-6-11/h5-10,13H,3-4H2,1-2H3,(H,16,17)/t9-,13-/m0/s1. The number of carbonyl (C=O) groups is 1. The minimum Gasteiger partial charge on any atom is -0.372 e. The molecule has 1 N–H and O–H groups in total. The number of rotatable bonds is 5. The van der Waals surface area contributed by atoms with Crippen LogP contribution < -0.4 is 5.32 Å². The van der Waals surface area contributed by atoms with Crippen molar-refractivity contribution in [2.75, 3.05) is 7.11 Å². The monoisotopic (exact) mass is 267 g/mol. The van der Waals surface area contributed by atoms with Gasteiger partial charge in [0, 0.05) is 12.1 Å². The fourth-order valence-electron chi connectivity index (χ4n) is 1.95. The Morgan fingerprint density at radius 2 is 2.00 bits per heavy atom. The van der Waals surface area contributed by atoms with E-state index in [0.717, 1.165) is 18.4 Å². The van der Waals surface area contributed by atoms with E-state index in [1.54, 1.807) is 14.0 Å². The molecular formula is C14H18ClNO2. The summed E-state index contributed by atoms with van der Waals surface area (Å²) < 4.78 is 5.03. The van der Waals surface area contributed by atoms with Crippen molar-refractivity contribution in [3.05, 3.63) is 34.9 Å². The molecule has 0 radical (unpaired) electrons. The quantitative estimate of drug-likeness (QED) is 0.891. The predicted molar refractivity (Wildman–Crippen MR) is 71.5 cm³/mol. The van der Waals surface area contributed by atoms with E-state index in [-0.39, 0.29) is 11.9 Å². The highest BCUT2D eigenvalue weighted by Crippen LogP contribution is 2.41. The van der Waals surface area contributed by atoms with E-state index in [4.69, 9.17) is 16.3 Å². The van der Waals surface area contributed by atoms with Gasteiger partial charge in [0.25, 0.3) is 0 Å². The van der Waals surface area contributed by atoms with Crippen LogP contribution in [-0.2, 0) is 9.53 Å². The van der Waals surface area contributed by atoms with Gasteiger partial charge < -0.3 is 10.1 Å². The summed E-state index contributed by atoms with van der Waals surface area (Å²) in [6, 6.07) is 7.75. The average molecular weight is 268 g/mol. The Kier molecular flexibility index (Phi) is 4.25. The molecule has 1 aliphatic rings. The van der Waals surface area contributed by atoms with Crippen LogP contribution in [0.5, 0.6) is 0 Å². The first-order valence-corrected chi connectivity index (χ1v) is 6.58. The highest BCUT2D eigenvalue weighted by molar-refractivity contribution is 6.30. The Morgan fingerprint density at radius 1 is 1.39 bits per heavy atom. The van der Waals surface area contributed by atoms with Crippen LogP contribution >= 0.6 is 11.6 Å². The molecule has 0 aliphatic heterocycles. The van der Waals surface area contributed by atoms with E-state index in [2.05, 4.69) is 5.32 Å². The molecule has 0 heterocycles. The van der Waals surface area contributed by atoms with Crippen LogP contribution in [-0.4, -0.2) is 19.1 Å². The summed E-state index contributed by atoms with van der Waals surface area (Å²) in [4.78, 5) is 11.9. The van der Waals surface area contributed by atoms with Crippen LogP contribution in [0.3, 0.4) is 0 Å². The van der Waals surface area contributed by atoms with Gasteiger partial charge in [-0.15, -0.1) is 0 Å². The van der Waals surface area contributed by atoms with E-state index in [1.165, 1.54) is 0 Å². The molecular weight excluding hydrogens is 250 g/mol. The van der Waals surface area contributed by atoms with Crippen molar-refractivity contribution in [1.82, 2.24) is 5.32 Å². The normalized spacial score (nSPS) is 18.2. The van der Waals surface area contributed by atoms with Crippen LogP contribution in [0.2, 0.25) is 5.02 Å². The number of hydrogen-bond acceptors (Lipinski definition) is 2. The van der Waals surface area contributed by atoms with Crippen molar-refractivity contribution in [3.63, 3.8) is 0 Å². The highest BCUT2D eigenvalue weighted by Gasteiger charge is 2.34. The molecule has 1 aliphatic carbocycles. The van der Waals surface area contributed by atoms with Gasteiger partial charge in [0.05, 0.1) is 6.04 Å². The first-order chi connectivity index (χ1) is 8.61. The van der Waals surface area contributed by atoms with E-state index >= 15 is 0 Å². The molecule has 1 aromatic rings. The average Bonchev–Trinajstić information content (AvgIpc) is 3.20. The summed E-state index contributed by atoms with van der Waals surface area (Å²) in [7, 11) is 1.54. The Labute approximate surface area is 112 Å². The van der Waals surface area contributed by atoms with Crippen LogP contribution in [0.25, 0.3) is 0 Å². The summed E-state index contributed by atoms with van der Waals surface area (Å²) in [5.41, 5.74) is 1.11. The van der Waals surface area contributed by atoms with Crippen LogP contribution in [0.1, 0.15) is 31.4 Å². The van der Waals surface area contributed by atoms with E-state index < -0.39 is 6.10 Å². The van der Waals surface area contributed by atoms with E-state index in [9.17, 15) is 4.79 Å². The fraction of sp³-hybridized carbons (Fsp3) is 0.500. The number of carbonyl (C=O) groups excluding carboxylic acids is 1. The molecule has 18 heavy (non-hydrogen) atoms. The lowest BCUT2D eigenvalue weighted by atomic mass is 10.0. The van der Waals surface area contributed by atoms with E-state index in [1.807, 2.05) is 24.3 Å². The van der Waals surface area contributed by atoms with Crippen LogP contribution in [0, 0.1) is 5.92 Å². The second-order valence-corrected chi connectivity index (χ2v) is 5.19. The molecule has 4 heteroatoms. The molecule has 1 aromatic carbocycles. The summed E-state index contributed by atoms with van der Waals surface area (Å²) >= 11 is 5.88. The maximum Gasteiger partial charge on any atom is 0.249 e. The van der Waals surface area contributed by atoms with Crippen LogP contribution in [0.15, 0.2) is 24.3 Å². The summed E-state index contributed by atoms with van der Waals surface area (Å²) in [6.45, 7) is 1.75. The van der Waals surface area contributed by atoms with Gasteiger partial charge in [0.2, 0.25) is 5.91 Å². The van der Waals surface area contributed by atoms with Gasteiger partial charge in [0.15, 0.2) is 0 Å². The Morgan fingerprint density at radius 3 is 2.50 bits per heavy atom. The summed E-state index contributed by atoms with van der Waals surface area (Å²) in [5, 5.41) is 3.77. The van der Waals surface area contributed by atoms with Gasteiger partial charge in [0.1, 0.15) is 6.10 Å². The molecule has 2 rings (SSSR count). The van der Waals surface area contributed by atoms with Crippen LogP contribution in [0.4, 0.5) is 0 Å². The molecule has 0 saturated heterocycles. The molecule has 0 spiro atoms. The minimum atomic E-state index is -0.418. The molecule has 1 saturated carbocycles. The second kappa shape index (κ2) is 5.72. The van der Waals surface area contributed by atoms with Crippen molar-refractivity contribution in [2.24, 2.45) is 5.92 Å². The molecule has 0 aromatic heterocycles. The van der Waals surface area contributed by atoms with Crippen molar-refractivity contribution < 1.29 is 9.53 Å². The lowest BCUT2D eigenvalue weighted by molar-refractivity contribution is -0.131. The zero-order valence-corrected chi connectivity index (χ0v) is 11.4. The second-order valence-electron chi connectivity index (χ2n) is 4.75. The molecule has 3 nitrogen and oxygen atoms in total. The third-order valence-corrected chi connectivity index (χ3v) is 3.60. The number of halogens is 1. The molecule has 1 amide bonds. The topological polar surface area (TPSA) is 38.3 Å². The number of hydrogen-bond donors (Lipinski definition) is 1. The maximum atomic E-state index is 11.9. The molecule has 0 unspecified atom stereocenters. The lowest BCUT2D eigenvalue weighted by Gasteiger charge is -2.21. The first-order valence-electron chi connectivity index (χ1n) is 6.20. The Bertz CT molecular complexity index is 414. The Hall–Kier alpha value is -1.06. The van der Waals surface area contributed by atoms with Gasteiger partial charge in [-0.3, -0.25) is 4.79 Å². The number of nitrogens with one attached hydrogen (secondary N) is 1. The van der Waals surface area contributed by atoms with Crippen molar-refractivity contribution >= 4 is 17.5 Å². The van der Waals surface area contributed by atoms with Crippen molar-refractivity contribution in [2.45, 2.75) is 31.9 Å². The van der Waals surface area contributed by atoms with Gasteiger partial charge in [-0.05, 0) is 43.4 Å². The maximum absolute atomic E-state index is 11.9. The zero-order chi connectivity index (χ0) is 13.1. The number of benzene rings is 1. The summed E-state index contributed by atoms with van der Waals surface area (Å²) in [5.74, 6) is 0.475. The van der Waals surface area contributed by atoms with E-state index in [0.29, 0.717) is 10.9 Å². The number of methoxy groups -OCH3 is 1. The largest absolute Gasteiger partial charge is 0.372 e. The molecule has 1 fully saturated rings. The summed E-state index contributed by atoms with van der Waals surface area (Å²) in [6.07, 6.45) is 1.91. The smallest absolute Gasteiger partial charge is 0.249 e. The molecule has 0 bridgehead atoms.